The van der Waals surface area contributed by atoms with Gasteiger partial charge in [0.15, 0.2) is 5.82 Å². The van der Waals surface area contributed by atoms with E-state index in [0.29, 0.717) is 17.4 Å². The summed E-state index contributed by atoms with van der Waals surface area (Å²) in [5.41, 5.74) is 1.06. The largest absolute Gasteiger partial charge is 0.329 e. The van der Waals surface area contributed by atoms with Crippen LogP contribution in [0.3, 0.4) is 0 Å². The number of carbonyl (C=O) groups excluding carboxylic acids is 1. The molecule has 4 rings (SSSR count). The molecule has 0 unspecified atom stereocenters. The molecule has 0 radical (unpaired) electrons. The van der Waals surface area contributed by atoms with Gasteiger partial charge in [0.05, 0.1) is 16.9 Å². The Bertz CT molecular complexity index is 1010. The van der Waals surface area contributed by atoms with Crippen molar-refractivity contribution in [2.45, 2.75) is 25.3 Å². The van der Waals surface area contributed by atoms with Crippen LogP contribution in [0.4, 0.5) is 4.39 Å². The number of carbonyl (C=O) groups is 1. The first kappa shape index (κ1) is 16.4. The highest BCUT2D eigenvalue weighted by Crippen LogP contribution is 2.31. The predicted molar refractivity (Wildman–Crippen MR) is 96.4 cm³/mol. The second-order valence-corrected chi connectivity index (χ2v) is 6.49. The van der Waals surface area contributed by atoms with E-state index >= 15 is 0 Å². The number of piperidine rings is 1. The summed E-state index contributed by atoms with van der Waals surface area (Å²) in [6.45, 7) is 0.581. The third kappa shape index (κ3) is 2.98. The molecule has 3 aromatic rings. The summed E-state index contributed by atoms with van der Waals surface area (Å²) in [6, 6.07) is 13.0. The van der Waals surface area contributed by atoms with Crippen LogP contribution in [0.5, 0.6) is 0 Å². The van der Waals surface area contributed by atoms with Crippen molar-refractivity contribution < 1.29 is 9.18 Å². The van der Waals surface area contributed by atoms with Gasteiger partial charge in [-0.25, -0.2) is 9.37 Å². The van der Waals surface area contributed by atoms with E-state index in [1.54, 1.807) is 41.3 Å². The molecule has 0 spiro atoms. The molecule has 1 aliphatic rings. The molecule has 0 bridgehead atoms. The van der Waals surface area contributed by atoms with E-state index in [9.17, 15) is 14.0 Å². The van der Waals surface area contributed by atoms with E-state index in [4.69, 9.17) is 0 Å². The first-order valence-corrected chi connectivity index (χ1v) is 8.69. The lowest BCUT2D eigenvalue weighted by Gasteiger charge is -2.35. The van der Waals surface area contributed by atoms with E-state index in [2.05, 4.69) is 9.97 Å². The molecule has 1 saturated heterocycles. The molecular weight excluding hydrogens is 333 g/mol. The molecule has 1 atom stereocenters. The molecule has 1 fully saturated rings. The van der Waals surface area contributed by atoms with Crippen molar-refractivity contribution in [2.24, 2.45) is 0 Å². The van der Waals surface area contributed by atoms with Gasteiger partial charge in [-0.3, -0.25) is 9.59 Å². The minimum Gasteiger partial charge on any atom is -0.329 e. The number of aromatic nitrogens is 2. The number of hydrogen-bond donors (Lipinski definition) is 1. The van der Waals surface area contributed by atoms with Crippen LogP contribution in [0.1, 0.15) is 41.5 Å². The third-order valence-corrected chi connectivity index (χ3v) is 4.83. The zero-order valence-corrected chi connectivity index (χ0v) is 14.1. The van der Waals surface area contributed by atoms with Crippen LogP contribution in [0.25, 0.3) is 10.9 Å². The summed E-state index contributed by atoms with van der Waals surface area (Å²) >= 11 is 0. The van der Waals surface area contributed by atoms with Crippen molar-refractivity contribution in [3.05, 3.63) is 76.1 Å². The first-order valence-electron chi connectivity index (χ1n) is 8.69. The van der Waals surface area contributed by atoms with Gasteiger partial charge in [-0.05, 0) is 49.1 Å². The lowest BCUT2D eigenvalue weighted by Crippen LogP contribution is -2.40. The van der Waals surface area contributed by atoms with Crippen molar-refractivity contribution in [3.63, 3.8) is 0 Å². The lowest BCUT2D eigenvalue weighted by molar-refractivity contribution is 0.0599. The number of para-hydroxylation sites is 1. The normalized spacial score (nSPS) is 17.4. The van der Waals surface area contributed by atoms with E-state index in [0.717, 1.165) is 24.8 Å². The Labute approximate surface area is 149 Å². The van der Waals surface area contributed by atoms with E-state index < -0.39 is 0 Å². The number of likely N-dealkylation sites (tertiary alicyclic amines) is 1. The van der Waals surface area contributed by atoms with Crippen LogP contribution >= 0.6 is 0 Å². The molecule has 1 N–H and O–H groups in total. The van der Waals surface area contributed by atoms with Crippen LogP contribution in [-0.2, 0) is 0 Å². The fourth-order valence-electron chi connectivity index (χ4n) is 3.53. The van der Waals surface area contributed by atoms with E-state index in [1.807, 2.05) is 0 Å². The Morgan fingerprint density at radius 3 is 2.69 bits per heavy atom. The molecule has 2 aromatic carbocycles. The smallest absolute Gasteiger partial charge is 0.290 e. The summed E-state index contributed by atoms with van der Waals surface area (Å²) in [5.74, 6) is -0.562. The highest BCUT2D eigenvalue weighted by atomic mass is 19.1. The summed E-state index contributed by atoms with van der Waals surface area (Å²) in [7, 11) is 0. The molecule has 5 nitrogen and oxygen atoms in total. The SMILES string of the molecule is O=C(c1nc2ccccc2c(=O)[nH]1)N1CCCC[C@H]1c1ccc(F)cc1. The average Bonchev–Trinajstić information content (AvgIpc) is 2.68. The minimum absolute atomic E-state index is 0.0442. The van der Waals surface area contributed by atoms with Crippen LogP contribution in [0.2, 0.25) is 0 Å². The molecule has 132 valence electrons. The number of aromatic amines is 1. The maximum absolute atomic E-state index is 13.2. The van der Waals surface area contributed by atoms with Gasteiger partial charge in [0.2, 0.25) is 0 Å². The summed E-state index contributed by atoms with van der Waals surface area (Å²) in [6.07, 6.45) is 2.68. The Kier molecular flexibility index (Phi) is 4.24. The fourth-order valence-corrected chi connectivity index (χ4v) is 3.53. The molecular formula is C20H18FN3O2. The maximum Gasteiger partial charge on any atom is 0.290 e. The standard InChI is InChI=1S/C20H18FN3O2/c21-14-10-8-13(9-11-14)17-7-3-4-12-24(17)20(26)18-22-16-6-2-1-5-15(16)19(25)23-18/h1-2,5-6,8-11,17H,3-4,7,12H2,(H,22,23,25)/t17-/m0/s1. The zero-order chi connectivity index (χ0) is 18.1. The number of benzene rings is 2. The Hall–Kier alpha value is -3.02. The monoisotopic (exact) mass is 351 g/mol. The van der Waals surface area contributed by atoms with Gasteiger partial charge < -0.3 is 9.88 Å². The molecule has 0 aliphatic carbocycles. The highest BCUT2D eigenvalue weighted by molar-refractivity contribution is 5.93. The van der Waals surface area contributed by atoms with Crippen molar-refractivity contribution in [1.29, 1.82) is 0 Å². The first-order chi connectivity index (χ1) is 12.6. The molecule has 1 aliphatic heterocycles. The zero-order valence-electron chi connectivity index (χ0n) is 14.1. The fraction of sp³-hybridized carbons (Fsp3) is 0.250. The molecule has 1 amide bonds. The topological polar surface area (TPSA) is 66.1 Å². The van der Waals surface area contributed by atoms with Gasteiger partial charge in [-0.1, -0.05) is 24.3 Å². The third-order valence-electron chi connectivity index (χ3n) is 4.83. The van der Waals surface area contributed by atoms with Crippen molar-refractivity contribution in [1.82, 2.24) is 14.9 Å². The van der Waals surface area contributed by atoms with Crippen LogP contribution in [0, 0.1) is 5.82 Å². The van der Waals surface area contributed by atoms with Gasteiger partial charge in [-0.15, -0.1) is 0 Å². The molecule has 6 heteroatoms. The van der Waals surface area contributed by atoms with Crippen LogP contribution in [0.15, 0.2) is 53.3 Å². The van der Waals surface area contributed by atoms with Crippen molar-refractivity contribution in [2.75, 3.05) is 6.54 Å². The van der Waals surface area contributed by atoms with Crippen molar-refractivity contribution in [3.8, 4) is 0 Å². The quantitative estimate of drug-likeness (QED) is 0.769. The lowest BCUT2D eigenvalue weighted by atomic mass is 9.95. The number of H-pyrrole nitrogens is 1. The number of rotatable bonds is 2. The number of hydrogen-bond acceptors (Lipinski definition) is 3. The van der Waals surface area contributed by atoms with Gasteiger partial charge in [0.1, 0.15) is 5.82 Å². The molecule has 26 heavy (non-hydrogen) atoms. The Morgan fingerprint density at radius 1 is 1.12 bits per heavy atom. The van der Waals surface area contributed by atoms with Gasteiger partial charge in [0, 0.05) is 6.54 Å². The summed E-state index contributed by atoms with van der Waals surface area (Å²) in [4.78, 5) is 34.0. The second kappa shape index (κ2) is 6.71. The Balaban J connectivity index is 1.71. The van der Waals surface area contributed by atoms with Gasteiger partial charge >= 0.3 is 0 Å². The number of halogens is 1. The minimum atomic E-state index is -0.325. The average molecular weight is 351 g/mol. The van der Waals surface area contributed by atoms with Crippen LogP contribution < -0.4 is 5.56 Å². The summed E-state index contributed by atoms with van der Waals surface area (Å²) < 4.78 is 13.2. The van der Waals surface area contributed by atoms with Crippen LogP contribution in [-0.4, -0.2) is 27.3 Å². The summed E-state index contributed by atoms with van der Waals surface area (Å²) in [5, 5.41) is 0.456. The number of fused-ring (bicyclic) bond motifs is 1. The Morgan fingerprint density at radius 2 is 1.88 bits per heavy atom. The highest BCUT2D eigenvalue weighted by Gasteiger charge is 2.30. The second-order valence-electron chi connectivity index (χ2n) is 6.49. The number of amides is 1. The molecule has 2 heterocycles. The van der Waals surface area contributed by atoms with Crippen molar-refractivity contribution >= 4 is 16.8 Å². The van der Waals surface area contributed by atoms with Gasteiger partial charge in [0.25, 0.3) is 11.5 Å². The van der Waals surface area contributed by atoms with Gasteiger partial charge in [-0.2, -0.15) is 0 Å². The number of nitrogens with zero attached hydrogens (tertiary/aromatic N) is 2. The maximum atomic E-state index is 13.2. The van der Waals surface area contributed by atoms with E-state index in [1.165, 1.54) is 12.1 Å². The van der Waals surface area contributed by atoms with E-state index in [-0.39, 0.29) is 29.1 Å². The molecule has 0 saturated carbocycles. The predicted octanol–water partition coefficient (Wildman–Crippen LogP) is 3.43. The molecule has 1 aromatic heterocycles. The number of nitrogens with one attached hydrogen (secondary N) is 1.